The number of halogens is 1. The molecule has 2 heterocycles. The number of amides is 1. The van der Waals surface area contributed by atoms with Crippen LogP contribution in [-0.2, 0) is 17.8 Å². The molecule has 28 heavy (non-hydrogen) atoms. The number of nitrogens with zero attached hydrogens (tertiary/aromatic N) is 3. The fourth-order valence-corrected chi connectivity index (χ4v) is 3.01. The number of benzene rings is 1. The normalized spacial score (nSPS) is 10.8. The zero-order valence-electron chi connectivity index (χ0n) is 15.7. The molecule has 3 rings (SSSR count). The summed E-state index contributed by atoms with van der Waals surface area (Å²) in [6, 6.07) is 10.5. The van der Waals surface area contributed by atoms with Gasteiger partial charge in [-0.15, -0.1) is 0 Å². The maximum Gasteiger partial charge on any atom is 0.261 e. The molecule has 1 N–H and O–H groups in total. The van der Waals surface area contributed by atoms with Gasteiger partial charge in [0, 0.05) is 35.8 Å². The van der Waals surface area contributed by atoms with Gasteiger partial charge in [0.15, 0.2) is 0 Å². The van der Waals surface area contributed by atoms with Gasteiger partial charge in [0.1, 0.15) is 0 Å². The third-order valence-corrected chi connectivity index (χ3v) is 4.46. The standard InChI is InChI=1S/C20H21ClN4O3/c1-3-11-25-13(2)7-8-16(20(25)27)19-23-18(28-24-19)10-9-17(26)22-15-6-4-5-14(21)12-15/h4-8,12H,3,9-11H2,1-2H3,(H,22,26). The lowest BCUT2D eigenvalue weighted by Gasteiger charge is -2.09. The Morgan fingerprint density at radius 3 is 2.86 bits per heavy atom. The van der Waals surface area contributed by atoms with Crippen LogP contribution in [0.15, 0.2) is 45.7 Å². The lowest BCUT2D eigenvalue weighted by Crippen LogP contribution is -2.23. The van der Waals surface area contributed by atoms with E-state index < -0.39 is 0 Å². The number of nitrogens with one attached hydrogen (secondary N) is 1. The quantitative estimate of drug-likeness (QED) is 0.650. The van der Waals surface area contributed by atoms with E-state index in [4.69, 9.17) is 16.1 Å². The molecule has 2 aromatic heterocycles. The van der Waals surface area contributed by atoms with E-state index in [1.165, 1.54) is 0 Å². The molecule has 0 aliphatic carbocycles. The SMILES string of the molecule is CCCn1c(C)ccc(-c2noc(CCC(=O)Nc3cccc(Cl)c3)n2)c1=O. The number of pyridine rings is 1. The maximum atomic E-state index is 12.7. The molecule has 0 fully saturated rings. The lowest BCUT2D eigenvalue weighted by atomic mass is 10.2. The van der Waals surface area contributed by atoms with Crippen LogP contribution in [0.25, 0.3) is 11.4 Å². The van der Waals surface area contributed by atoms with Gasteiger partial charge in [-0.2, -0.15) is 4.98 Å². The van der Waals surface area contributed by atoms with Crippen molar-refractivity contribution in [1.29, 1.82) is 0 Å². The minimum absolute atomic E-state index is 0.145. The Kier molecular flexibility index (Phi) is 6.26. The van der Waals surface area contributed by atoms with Gasteiger partial charge in [-0.3, -0.25) is 9.59 Å². The molecule has 146 valence electrons. The van der Waals surface area contributed by atoms with Crippen LogP contribution in [0, 0.1) is 6.92 Å². The summed E-state index contributed by atoms with van der Waals surface area (Å²) < 4.78 is 6.91. The van der Waals surface area contributed by atoms with Gasteiger partial charge in [-0.25, -0.2) is 0 Å². The molecule has 0 bridgehead atoms. The van der Waals surface area contributed by atoms with Crippen molar-refractivity contribution in [3.63, 3.8) is 0 Å². The van der Waals surface area contributed by atoms with E-state index in [0.717, 1.165) is 12.1 Å². The lowest BCUT2D eigenvalue weighted by molar-refractivity contribution is -0.116. The molecule has 1 amide bonds. The molecule has 7 nitrogen and oxygen atoms in total. The zero-order chi connectivity index (χ0) is 20.1. The second-order valence-corrected chi connectivity index (χ2v) is 6.85. The molecule has 0 aliphatic rings. The van der Waals surface area contributed by atoms with Crippen LogP contribution < -0.4 is 10.9 Å². The molecule has 0 spiro atoms. The van der Waals surface area contributed by atoms with E-state index >= 15 is 0 Å². The molecule has 0 unspecified atom stereocenters. The minimum Gasteiger partial charge on any atom is -0.339 e. The van der Waals surface area contributed by atoms with E-state index in [1.807, 2.05) is 19.9 Å². The molecule has 0 radical (unpaired) electrons. The number of hydrogen-bond acceptors (Lipinski definition) is 5. The van der Waals surface area contributed by atoms with E-state index in [-0.39, 0.29) is 30.1 Å². The number of hydrogen-bond donors (Lipinski definition) is 1. The highest BCUT2D eigenvalue weighted by molar-refractivity contribution is 6.30. The second kappa shape index (κ2) is 8.84. The fraction of sp³-hybridized carbons (Fsp3) is 0.300. The third-order valence-electron chi connectivity index (χ3n) is 4.22. The van der Waals surface area contributed by atoms with Crippen molar-refractivity contribution >= 4 is 23.2 Å². The van der Waals surface area contributed by atoms with Gasteiger partial charge in [-0.05, 0) is 43.7 Å². The first-order chi connectivity index (χ1) is 13.5. The summed E-state index contributed by atoms with van der Waals surface area (Å²) >= 11 is 5.90. The average molecular weight is 401 g/mol. The molecule has 3 aromatic rings. The molecule has 0 atom stereocenters. The zero-order valence-corrected chi connectivity index (χ0v) is 16.5. The Labute approximate surface area is 167 Å². The van der Waals surface area contributed by atoms with Crippen molar-refractivity contribution in [3.05, 3.63) is 63.4 Å². The number of anilines is 1. The molecule has 8 heteroatoms. The summed E-state index contributed by atoms with van der Waals surface area (Å²) in [5.41, 5.74) is 1.75. The first-order valence-electron chi connectivity index (χ1n) is 9.06. The Bertz CT molecular complexity index is 1040. The Balaban J connectivity index is 1.67. The minimum atomic E-state index is -0.192. The molecule has 0 saturated heterocycles. The van der Waals surface area contributed by atoms with Crippen LogP contribution >= 0.6 is 11.6 Å². The molecular formula is C20H21ClN4O3. The van der Waals surface area contributed by atoms with Crippen LogP contribution in [0.2, 0.25) is 5.02 Å². The van der Waals surface area contributed by atoms with Crippen molar-refractivity contribution < 1.29 is 9.32 Å². The number of rotatable bonds is 7. The highest BCUT2D eigenvalue weighted by Gasteiger charge is 2.15. The smallest absolute Gasteiger partial charge is 0.261 e. The predicted octanol–water partition coefficient (Wildman–Crippen LogP) is 3.84. The van der Waals surface area contributed by atoms with Crippen molar-refractivity contribution in [2.24, 2.45) is 0 Å². The number of carbonyl (C=O) groups excluding carboxylic acids is 1. The maximum absolute atomic E-state index is 12.7. The van der Waals surface area contributed by atoms with Gasteiger partial charge in [-0.1, -0.05) is 29.7 Å². The van der Waals surface area contributed by atoms with Crippen molar-refractivity contribution in [3.8, 4) is 11.4 Å². The predicted molar refractivity (Wildman–Crippen MR) is 107 cm³/mol. The summed E-state index contributed by atoms with van der Waals surface area (Å²) in [5.74, 6) is 0.348. The summed E-state index contributed by atoms with van der Waals surface area (Å²) in [6.07, 6.45) is 1.29. The summed E-state index contributed by atoms with van der Waals surface area (Å²) in [7, 11) is 0. The summed E-state index contributed by atoms with van der Waals surface area (Å²) in [4.78, 5) is 29.0. The number of aryl methyl sites for hydroxylation is 2. The summed E-state index contributed by atoms with van der Waals surface area (Å²) in [5, 5.41) is 7.21. The van der Waals surface area contributed by atoms with Gasteiger partial charge < -0.3 is 14.4 Å². The Hall–Kier alpha value is -2.93. The van der Waals surface area contributed by atoms with E-state index in [1.54, 1.807) is 34.9 Å². The van der Waals surface area contributed by atoms with E-state index in [9.17, 15) is 9.59 Å². The average Bonchev–Trinajstić information content (AvgIpc) is 3.12. The molecule has 0 saturated carbocycles. The van der Waals surface area contributed by atoms with Crippen LogP contribution in [0.1, 0.15) is 31.4 Å². The Morgan fingerprint density at radius 2 is 2.11 bits per heavy atom. The highest BCUT2D eigenvalue weighted by Crippen LogP contribution is 2.16. The number of carbonyl (C=O) groups is 1. The summed E-state index contributed by atoms with van der Waals surface area (Å²) in [6.45, 7) is 4.54. The topological polar surface area (TPSA) is 90.0 Å². The van der Waals surface area contributed by atoms with Crippen LogP contribution in [0.5, 0.6) is 0 Å². The second-order valence-electron chi connectivity index (χ2n) is 6.42. The van der Waals surface area contributed by atoms with E-state index in [2.05, 4.69) is 15.5 Å². The number of aromatic nitrogens is 3. The monoisotopic (exact) mass is 400 g/mol. The highest BCUT2D eigenvalue weighted by atomic mass is 35.5. The fourth-order valence-electron chi connectivity index (χ4n) is 2.82. The van der Waals surface area contributed by atoms with Crippen LogP contribution in [-0.4, -0.2) is 20.6 Å². The van der Waals surface area contributed by atoms with Gasteiger partial charge in [0.2, 0.25) is 17.6 Å². The van der Waals surface area contributed by atoms with E-state index in [0.29, 0.717) is 28.7 Å². The van der Waals surface area contributed by atoms with Crippen molar-refractivity contribution in [2.75, 3.05) is 5.32 Å². The molecule has 0 aliphatic heterocycles. The largest absolute Gasteiger partial charge is 0.339 e. The molecule has 1 aromatic carbocycles. The van der Waals surface area contributed by atoms with Gasteiger partial charge in [0.25, 0.3) is 5.56 Å². The Morgan fingerprint density at radius 1 is 1.29 bits per heavy atom. The van der Waals surface area contributed by atoms with Crippen molar-refractivity contribution in [1.82, 2.24) is 14.7 Å². The molecular weight excluding hydrogens is 380 g/mol. The first-order valence-corrected chi connectivity index (χ1v) is 9.44. The van der Waals surface area contributed by atoms with Crippen LogP contribution in [0.3, 0.4) is 0 Å². The first kappa shape index (κ1) is 19.8. The third kappa shape index (κ3) is 4.67. The van der Waals surface area contributed by atoms with Gasteiger partial charge in [0.05, 0.1) is 5.56 Å². The van der Waals surface area contributed by atoms with Gasteiger partial charge >= 0.3 is 0 Å². The van der Waals surface area contributed by atoms with Crippen molar-refractivity contribution in [2.45, 2.75) is 39.7 Å². The van der Waals surface area contributed by atoms with Crippen LogP contribution in [0.4, 0.5) is 5.69 Å².